The molecule has 2 aromatic rings. The molecule has 140 valence electrons. The van der Waals surface area contributed by atoms with E-state index in [1.807, 2.05) is 0 Å². The fraction of sp³-hybridized carbons (Fsp3) is 0.333. The smallest absolute Gasteiger partial charge is 0.256 e. The van der Waals surface area contributed by atoms with Crippen molar-refractivity contribution in [2.24, 2.45) is 5.92 Å². The highest BCUT2D eigenvalue weighted by Crippen LogP contribution is 2.32. The summed E-state index contributed by atoms with van der Waals surface area (Å²) in [5.41, 5.74) is 0.673. The van der Waals surface area contributed by atoms with Crippen LogP contribution >= 0.6 is 0 Å². The van der Waals surface area contributed by atoms with E-state index in [0.29, 0.717) is 56.2 Å². The van der Waals surface area contributed by atoms with E-state index in [2.05, 4.69) is 0 Å². The molecule has 0 atom stereocenters. The van der Waals surface area contributed by atoms with Gasteiger partial charge in [0.2, 0.25) is 0 Å². The van der Waals surface area contributed by atoms with E-state index in [0.717, 1.165) is 0 Å². The number of hydrogen-bond acceptors (Lipinski definition) is 4. The molecule has 0 saturated carbocycles. The SMILES string of the molecule is O=C(c1ccc2c(c1)OCCO2)C1CCN(C(=O)c2ccccc2F)CC1. The van der Waals surface area contributed by atoms with Crippen LogP contribution in [0.3, 0.4) is 0 Å². The van der Waals surface area contributed by atoms with Gasteiger partial charge in [-0.2, -0.15) is 0 Å². The third kappa shape index (κ3) is 3.52. The molecule has 4 rings (SSSR count). The van der Waals surface area contributed by atoms with Crippen LogP contribution in [0.15, 0.2) is 42.5 Å². The van der Waals surface area contributed by atoms with Crippen LogP contribution in [0.4, 0.5) is 4.39 Å². The third-order valence-corrected chi connectivity index (χ3v) is 5.08. The Morgan fingerprint density at radius 1 is 0.963 bits per heavy atom. The van der Waals surface area contributed by atoms with Crippen LogP contribution in [-0.4, -0.2) is 42.9 Å². The van der Waals surface area contributed by atoms with Gasteiger partial charge in [0.25, 0.3) is 5.91 Å². The molecule has 5 nitrogen and oxygen atoms in total. The first-order chi connectivity index (χ1) is 13.1. The number of carbonyl (C=O) groups excluding carboxylic acids is 2. The van der Waals surface area contributed by atoms with E-state index >= 15 is 0 Å². The van der Waals surface area contributed by atoms with Gasteiger partial charge in [-0.05, 0) is 43.2 Å². The number of piperidine rings is 1. The fourth-order valence-corrected chi connectivity index (χ4v) is 3.58. The molecule has 27 heavy (non-hydrogen) atoms. The molecule has 1 amide bonds. The number of benzene rings is 2. The number of ether oxygens (including phenoxy) is 2. The Kier molecular flexibility index (Phi) is 4.79. The minimum Gasteiger partial charge on any atom is -0.486 e. The van der Waals surface area contributed by atoms with E-state index in [1.54, 1.807) is 35.2 Å². The van der Waals surface area contributed by atoms with Gasteiger partial charge in [0.1, 0.15) is 19.0 Å². The lowest BCUT2D eigenvalue weighted by molar-refractivity contribution is 0.0646. The Morgan fingerprint density at radius 2 is 1.67 bits per heavy atom. The Morgan fingerprint density at radius 3 is 2.41 bits per heavy atom. The Bertz CT molecular complexity index is 874. The maximum Gasteiger partial charge on any atom is 0.256 e. The summed E-state index contributed by atoms with van der Waals surface area (Å²) < 4.78 is 24.9. The first-order valence-electron chi connectivity index (χ1n) is 9.11. The molecular weight excluding hydrogens is 349 g/mol. The summed E-state index contributed by atoms with van der Waals surface area (Å²) in [6.07, 6.45) is 1.13. The van der Waals surface area contributed by atoms with Gasteiger partial charge in [0, 0.05) is 24.6 Å². The maximum atomic E-state index is 13.8. The number of amides is 1. The quantitative estimate of drug-likeness (QED) is 0.779. The van der Waals surface area contributed by atoms with E-state index in [1.165, 1.54) is 12.1 Å². The topological polar surface area (TPSA) is 55.8 Å². The van der Waals surface area contributed by atoms with Crippen molar-refractivity contribution in [3.63, 3.8) is 0 Å². The number of ketones is 1. The second-order valence-electron chi connectivity index (χ2n) is 6.77. The zero-order valence-corrected chi connectivity index (χ0v) is 14.8. The van der Waals surface area contributed by atoms with E-state index in [4.69, 9.17) is 9.47 Å². The van der Waals surface area contributed by atoms with E-state index < -0.39 is 5.82 Å². The Labute approximate surface area is 156 Å². The average Bonchev–Trinajstić information content (AvgIpc) is 2.73. The lowest BCUT2D eigenvalue weighted by Crippen LogP contribution is -2.40. The van der Waals surface area contributed by atoms with E-state index in [-0.39, 0.29) is 23.2 Å². The minimum absolute atomic E-state index is 0.0463. The summed E-state index contributed by atoms with van der Waals surface area (Å²) in [5.74, 6) is 0.305. The van der Waals surface area contributed by atoms with Crippen molar-refractivity contribution >= 4 is 11.7 Å². The van der Waals surface area contributed by atoms with Gasteiger partial charge in [-0.3, -0.25) is 9.59 Å². The molecule has 0 aliphatic carbocycles. The van der Waals surface area contributed by atoms with Gasteiger partial charge in [-0.25, -0.2) is 4.39 Å². The summed E-state index contributed by atoms with van der Waals surface area (Å²) >= 11 is 0. The molecule has 0 aromatic heterocycles. The third-order valence-electron chi connectivity index (χ3n) is 5.08. The molecular formula is C21H20FNO4. The van der Waals surface area contributed by atoms with Crippen LogP contribution < -0.4 is 9.47 Å². The summed E-state index contributed by atoms with van der Waals surface area (Å²) in [6.45, 7) is 1.86. The molecule has 2 aliphatic heterocycles. The van der Waals surface area contributed by atoms with E-state index in [9.17, 15) is 14.0 Å². The monoisotopic (exact) mass is 369 g/mol. The van der Waals surface area contributed by atoms with Crippen LogP contribution in [0, 0.1) is 11.7 Å². The van der Waals surface area contributed by atoms with Gasteiger partial charge in [0.05, 0.1) is 5.56 Å². The number of hydrogen-bond donors (Lipinski definition) is 0. The summed E-state index contributed by atoms with van der Waals surface area (Å²) in [5, 5.41) is 0. The van der Waals surface area contributed by atoms with Crippen molar-refractivity contribution in [3.05, 3.63) is 59.4 Å². The summed E-state index contributed by atoms with van der Waals surface area (Å²) in [7, 11) is 0. The highest BCUT2D eigenvalue weighted by molar-refractivity contribution is 5.99. The molecule has 2 aliphatic rings. The van der Waals surface area contributed by atoms with Gasteiger partial charge in [0.15, 0.2) is 17.3 Å². The Hall–Kier alpha value is -2.89. The van der Waals surface area contributed by atoms with Crippen LogP contribution in [-0.2, 0) is 0 Å². The number of rotatable bonds is 3. The van der Waals surface area contributed by atoms with Crippen LogP contribution in [0.2, 0.25) is 0 Å². The molecule has 1 fully saturated rings. The molecule has 0 spiro atoms. The van der Waals surface area contributed by atoms with Crippen molar-refractivity contribution in [1.82, 2.24) is 4.90 Å². The predicted molar refractivity (Wildman–Crippen MR) is 96.8 cm³/mol. The highest BCUT2D eigenvalue weighted by Gasteiger charge is 2.29. The number of nitrogens with zero attached hydrogens (tertiary/aromatic N) is 1. The average molecular weight is 369 g/mol. The van der Waals surface area contributed by atoms with Crippen molar-refractivity contribution in [2.45, 2.75) is 12.8 Å². The number of fused-ring (bicyclic) bond motifs is 1. The van der Waals surface area contributed by atoms with Gasteiger partial charge in [-0.15, -0.1) is 0 Å². The molecule has 6 heteroatoms. The molecule has 2 heterocycles. The molecule has 2 aromatic carbocycles. The first-order valence-corrected chi connectivity index (χ1v) is 9.11. The lowest BCUT2D eigenvalue weighted by Gasteiger charge is -2.31. The van der Waals surface area contributed by atoms with Gasteiger partial charge in [-0.1, -0.05) is 12.1 Å². The van der Waals surface area contributed by atoms with Crippen molar-refractivity contribution in [1.29, 1.82) is 0 Å². The number of carbonyl (C=O) groups is 2. The molecule has 1 saturated heterocycles. The summed E-state index contributed by atoms with van der Waals surface area (Å²) in [6, 6.07) is 11.2. The molecule has 0 bridgehead atoms. The largest absolute Gasteiger partial charge is 0.486 e. The highest BCUT2D eigenvalue weighted by atomic mass is 19.1. The number of halogens is 1. The zero-order chi connectivity index (χ0) is 18.8. The van der Waals surface area contributed by atoms with Crippen LogP contribution in [0.1, 0.15) is 33.6 Å². The first kappa shape index (κ1) is 17.5. The van der Waals surface area contributed by atoms with Gasteiger partial charge < -0.3 is 14.4 Å². The second kappa shape index (κ2) is 7.39. The fourth-order valence-electron chi connectivity index (χ4n) is 3.58. The van der Waals surface area contributed by atoms with Gasteiger partial charge >= 0.3 is 0 Å². The second-order valence-corrected chi connectivity index (χ2v) is 6.77. The predicted octanol–water partition coefficient (Wildman–Crippen LogP) is 3.33. The lowest BCUT2D eigenvalue weighted by atomic mass is 9.88. The Balaban J connectivity index is 1.41. The normalized spacial score (nSPS) is 16.9. The van der Waals surface area contributed by atoms with Crippen molar-refractivity contribution in [2.75, 3.05) is 26.3 Å². The number of likely N-dealkylation sites (tertiary alicyclic amines) is 1. The van der Waals surface area contributed by atoms with Crippen molar-refractivity contribution in [3.8, 4) is 11.5 Å². The standard InChI is InChI=1S/C21H20FNO4/c22-17-4-2-1-3-16(17)21(25)23-9-7-14(8-10-23)20(24)15-5-6-18-19(13-15)27-12-11-26-18/h1-6,13-14H,7-12H2. The zero-order valence-electron chi connectivity index (χ0n) is 14.8. The maximum absolute atomic E-state index is 13.8. The minimum atomic E-state index is -0.517. The van der Waals surface area contributed by atoms with Crippen LogP contribution in [0.5, 0.6) is 11.5 Å². The molecule has 0 N–H and O–H groups in total. The van der Waals surface area contributed by atoms with Crippen molar-refractivity contribution < 1.29 is 23.5 Å². The van der Waals surface area contributed by atoms with Crippen LogP contribution in [0.25, 0.3) is 0 Å². The summed E-state index contributed by atoms with van der Waals surface area (Å²) in [4.78, 5) is 26.9. The molecule has 0 radical (unpaired) electrons. The molecule has 0 unspecified atom stereocenters. The number of Topliss-reactive ketones (excluding diaryl/α,β-unsaturated/α-hetero) is 1.